The third-order valence-electron chi connectivity index (χ3n) is 4.92. The number of hydrogen-bond acceptors (Lipinski definition) is 8. The van der Waals surface area contributed by atoms with Gasteiger partial charge in [0.1, 0.15) is 18.8 Å². The molecule has 0 atom stereocenters. The molecule has 3 rings (SSSR count). The van der Waals surface area contributed by atoms with Gasteiger partial charge in [-0.3, -0.25) is 24.0 Å². The highest BCUT2D eigenvalue weighted by molar-refractivity contribution is 6.34. The quantitative estimate of drug-likeness (QED) is 0.437. The Hall–Kier alpha value is -4.21. The van der Waals surface area contributed by atoms with Crippen molar-refractivity contribution in [1.82, 2.24) is 4.90 Å². The first-order chi connectivity index (χ1) is 15.8. The Morgan fingerprint density at radius 1 is 0.848 bits per heavy atom. The molecule has 0 fully saturated rings. The summed E-state index contributed by atoms with van der Waals surface area (Å²) in [6.07, 6.45) is 0. The second-order valence-corrected chi connectivity index (χ2v) is 6.95. The topological polar surface area (TPSA) is 120 Å². The van der Waals surface area contributed by atoms with E-state index in [9.17, 15) is 24.0 Å². The molecule has 1 aliphatic rings. The number of carbonyl (C=O) groups excluding carboxylic acids is 5. The van der Waals surface area contributed by atoms with Crippen molar-refractivity contribution in [2.24, 2.45) is 0 Å². The summed E-state index contributed by atoms with van der Waals surface area (Å²) in [5.41, 5.74) is 0.556. The van der Waals surface area contributed by atoms with E-state index in [4.69, 9.17) is 4.74 Å². The predicted octanol–water partition coefficient (Wildman–Crippen LogP) is 1.67. The van der Waals surface area contributed by atoms with E-state index in [1.165, 1.54) is 18.2 Å². The molecule has 0 radical (unpaired) electrons. The first-order valence-electron chi connectivity index (χ1n) is 9.99. The number of fused-ring (bicyclic) bond motifs is 1. The molecular formula is C23H22N2O8. The molecule has 0 saturated heterocycles. The summed E-state index contributed by atoms with van der Waals surface area (Å²) < 4.78 is 14.5. The first-order valence-corrected chi connectivity index (χ1v) is 9.99. The largest absolute Gasteiger partial charge is 0.494 e. The summed E-state index contributed by atoms with van der Waals surface area (Å²) >= 11 is 0. The zero-order valence-corrected chi connectivity index (χ0v) is 18.3. The predicted molar refractivity (Wildman–Crippen MR) is 115 cm³/mol. The minimum Gasteiger partial charge on any atom is -0.494 e. The summed E-state index contributed by atoms with van der Waals surface area (Å²) in [5, 5.41) is 0. The van der Waals surface area contributed by atoms with E-state index >= 15 is 0 Å². The molecule has 0 bridgehead atoms. The molecule has 0 spiro atoms. The van der Waals surface area contributed by atoms with Crippen LogP contribution in [0, 0.1) is 0 Å². The monoisotopic (exact) mass is 454 g/mol. The number of benzene rings is 2. The van der Waals surface area contributed by atoms with Gasteiger partial charge in [0, 0.05) is 5.56 Å². The molecule has 10 heteroatoms. The van der Waals surface area contributed by atoms with Crippen molar-refractivity contribution in [3.8, 4) is 5.75 Å². The van der Waals surface area contributed by atoms with E-state index in [1.54, 1.807) is 24.3 Å². The molecule has 1 heterocycles. The van der Waals surface area contributed by atoms with Crippen molar-refractivity contribution < 1.29 is 38.2 Å². The van der Waals surface area contributed by atoms with Crippen molar-refractivity contribution in [2.45, 2.75) is 6.92 Å². The van der Waals surface area contributed by atoms with E-state index in [2.05, 4.69) is 9.47 Å². The number of esters is 2. The van der Waals surface area contributed by atoms with E-state index in [1.807, 2.05) is 6.92 Å². The summed E-state index contributed by atoms with van der Waals surface area (Å²) in [7, 11) is 2.30. The van der Waals surface area contributed by atoms with Crippen LogP contribution in [0.1, 0.15) is 38.0 Å². The van der Waals surface area contributed by atoms with Crippen molar-refractivity contribution >= 4 is 35.3 Å². The smallest absolute Gasteiger partial charge is 0.325 e. The lowest BCUT2D eigenvalue weighted by Crippen LogP contribution is -2.40. The fourth-order valence-corrected chi connectivity index (χ4v) is 3.29. The minimum atomic E-state index is -0.735. The number of hydrogen-bond donors (Lipinski definition) is 0. The lowest BCUT2D eigenvalue weighted by atomic mass is 10.0. The van der Waals surface area contributed by atoms with Crippen LogP contribution in [0.25, 0.3) is 0 Å². The number of amides is 3. The van der Waals surface area contributed by atoms with Gasteiger partial charge in [0.25, 0.3) is 17.7 Å². The summed E-state index contributed by atoms with van der Waals surface area (Å²) in [6.45, 7) is 1.33. The van der Waals surface area contributed by atoms with Crippen LogP contribution in [0.15, 0.2) is 42.5 Å². The zero-order valence-electron chi connectivity index (χ0n) is 18.3. The van der Waals surface area contributed by atoms with Crippen LogP contribution in [0.5, 0.6) is 5.75 Å². The second kappa shape index (κ2) is 9.94. The number of ether oxygens (including phenoxy) is 3. The van der Waals surface area contributed by atoms with Crippen molar-refractivity contribution in [2.75, 3.05) is 38.8 Å². The number of nitrogens with zero attached hydrogens (tertiary/aromatic N) is 2. The molecule has 1 aliphatic heterocycles. The molecule has 0 N–H and O–H groups in total. The van der Waals surface area contributed by atoms with Crippen LogP contribution >= 0.6 is 0 Å². The zero-order chi connectivity index (χ0) is 24.1. The van der Waals surface area contributed by atoms with Gasteiger partial charge >= 0.3 is 11.9 Å². The van der Waals surface area contributed by atoms with Crippen LogP contribution in [0.4, 0.5) is 5.69 Å². The van der Waals surface area contributed by atoms with E-state index < -0.39 is 42.7 Å². The Bertz CT molecular complexity index is 1090. The third kappa shape index (κ3) is 4.84. The van der Waals surface area contributed by atoms with Gasteiger partial charge in [0.2, 0.25) is 0 Å². The van der Waals surface area contributed by atoms with Gasteiger partial charge in [-0.2, -0.15) is 0 Å². The van der Waals surface area contributed by atoms with Crippen LogP contribution in [-0.4, -0.2) is 68.5 Å². The summed E-state index contributed by atoms with van der Waals surface area (Å²) in [6, 6.07) is 10.5. The SMILES string of the molecule is CCOc1ccc(N2C(=O)c3ccc(C(=O)N(CC(=O)OC)CC(=O)OC)cc3C2=O)cc1. The Labute approximate surface area is 189 Å². The lowest BCUT2D eigenvalue weighted by molar-refractivity contribution is -0.144. The normalized spacial score (nSPS) is 12.3. The molecule has 0 unspecified atom stereocenters. The maximum absolute atomic E-state index is 13.0. The molecule has 3 amide bonds. The Morgan fingerprint density at radius 3 is 1.97 bits per heavy atom. The van der Waals surface area contributed by atoms with Gasteiger partial charge in [-0.1, -0.05) is 0 Å². The molecular weight excluding hydrogens is 432 g/mol. The maximum Gasteiger partial charge on any atom is 0.325 e. The van der Waals surface area contributed by atoms with Gasteiger partial charge < -0.3 is 19.1 Å². The maximum atomic E-state index is 13.0. The van der Waals surface area contributed by atoms with Crippen LogP contribution < -0.4 is 9.64 Å². The number of carbonyl (C=O) groups is 5. The van der Waals surface area contributed by atoms with Gasteiger partial charge in [-0.25, -0.2) is 4.90 Å². The highest BCUT2D eigenvalue weighted by atomic mass is 16.5. The van der Waals surface area contributed by atoms with E-state index in [-0.39, 0.29) is 16.7 Å². The molecule has 10 nitrogen and oxygen atoms in total. The van der Waals surface area contributed by atoms with Crippen LogP contribution in [0.3, 0.4) is 0 Å². The lowest BCUT2D eigenvalue weighted by Gasteiger charge is -2.20. The average Bonchev–Trinajstić information content (AvgIpc) is 3.08. The van der Waals surface area contributed by atoms with Crippen molar-refractivity contribution in [3.05, 3.63) is 59.2 Å². The Kier molecular flexibility index (Phi) is 7.07. The highest BCUT2D eigenvalue weighted by Crippen LogP contribution is 2.30. The molecule has 0 saturated carbocycles. The Balaban J connectivity index is 1.89. The van der Waals surface area contributed by atoms with E-state index in [0.717, 1.165) is 24.0 Å². The highest BCUT2D eigenvalue weighted by Gasteiger charge is 2.37. The van der Waals surface area contributed by atoms with Crippen LogP contribution in [0.2, 0.25) is 0 Å². The summed E-state index contributed by atoms with van der Waals surface area (Å²) in [5.74, 6) is -2.70. The molecule has 2 aromatic rings. The third-order valence-corrected chi connectivity index (χ3v) is 4.92. The fourth-order valence-electron chi connectivity index (χ4n) is 3.29. The van der Waals surface area contributed by atoms with Crippen molar-refractivity contribution in [3.63, 3.8) is 0 Å². The number of imide groups is 1. The molecule has 2 aromatic carbocycles. The minimum absolute atomic E-state index is 0.0243. The number of methoxy groups -OCH3 is 2. The van der Waals surface area contributed by atoms with Gasteiger partial charge in [-0.05, 0) is 49.4 Å². The fraction of sp³-hybridized carbons (Fsp3) is 0.261. The van der Waals surface area contributed by atoms with Gasteiger partial charge in [0.15, 0.2) is 0 Å². The van der Waals surface area contributed by atoms with Crippen molar-refractivity contribution in [1.29, 1.82) is 0 Å². The molecule has 172 valence electrons. The van der Waals surface area contributed by atoms with Gasteiger partial charge in [-0.15, -0.1) is 0 Å². The standard InChI is InChI=1S/C23H22N2O8/c1-4-33-16-8-6-15(7-9-16)25-22(29)17-10-5-14(11-18(17)23(25)30)21(28)24(12-19(26)31-2)13-20(27)32-3/h5-11H,4,12-13H2,1-3H3. The summed E-state index contributed by atoms with van der Waals surface area (Å²) in [4.78, 5) is 64.2. The molecule has 0 aromatic heterocycles. The van der Waals surface area contributed by atoms with Gasteiger partial charge in [0.05, 0.1) is 37.6 Å². The second-order valence-electron chi connectivity index (χ2n) is 6.95. The van der Waals surface area contributed by atoms with E-state index in [0.29, 0.717) is 18.0 Å². The number of rotatable bonds is 8. The number of anilines is 1. The average molecular weight is 454 g/mol. The molecule has 33 heavy (non-hydrogen) atoms. The first kappa shape index (κ1) is 23.5. The Morgan fingerprint density at radius 2 is 1.42 bits per heavy atom. The molecule has 0 aliphatic carbocycles. The van der Waals surface area contributed by atoms with Crippen LogP contribution in [-0.2, 0) is 19.1 Å².